The molecule has 2 N–H and O–H groups in total. The van der Waals surface area contributed by atoms with E-state index in [1.54, 1.807) is 13.1 Å². The maximum Gasteiger partial charge on any atom is 0.416 e. The van der Waals surface area contributed by atoms with E-state index in [0.717, 1.165) is 31.6 Å². The first kappa shape index (κ1) is 20.0. The van der Waals surface area contributed by atoms with Crippen molar-refractivity contribution in [2.45, 2.75) is 31.7 Å². The Morgan fingerprint density at radius 3 is 2.74 bits per heavy atom. The van der Waals surface area contributed by atoms with Gasteiger partial charge >= 0.3 is 6.18 Å². The Balaban J connectivity index is 0.00000264. The zero-order chi connectivity index (χ0) is 16.0. The van der Waals surface area contributed by atoms with E-state index in [1.807, 2.05) is 0 Å². The summed E-state index contributed by atoms with van der Waals surface area (Å²) in [6.45, 7) is 1.69. The van der Waals surface area contributed by atoms with Crippen LogP contribution in [0.4, 0.5) is 13.2 Å². The third-order valence-electron chi connectivity index (χ3n) is 3.46. The van der Waals surface area contributed by atoms with Gasteiger partial charge in [0.25, 0.3) is 0 Å². The van der Waals surface area contributed by atoms with Crippen molar-refractivity contribution in [2.24, 2.45) is 4.99 Å². The van der Waals surface area contributed by atoms with Gasteiger partial charge in [-0.15, -0.1) is 24.0 Å². The molecule has 1 aromatic carbocycles. The Morgan fingerprint density at radius 1 is 1.35 bits per heavy atom. The molecule has 0 aromatic heterocycles. The lowest BCUT2D eigenvalue weighted by Crippen LogP contribution is -2.40. The van der Waals surface area contributed by atoms with Crippen LogP contribution in [0.3, 0.4) is 0 Å². The van der Waals surface area contributed by atoms with E-state index in [9.17, 15) is 13.2 Å². The van der Waals surface area contributed by atoms with Gasteiger partial charge in [-0.25, -0.2) is 0 Å². The Bertz CT molecular complexity index is 517. The molecule has 4 nitrogen and oxygen atoms in total. The molecule has 1 aliphatic heterocycles. The average Bonchev–Trinajstić information content (AvgIpc) is 3.00. The van der Waals surface area contributed by atoms with Crippen LogP contribution in [0.5, 0.6) is 0 Å². The van der Waals surface area contributed by atoms with Crippen LogP contribution in [0.15, 0.2) is 29.3 Å². The number of alkyl halides is 3. The summed E-state index contributed by atoms with van der Waals surface area (Å²) in [4.78, 5) is 4.05. The van der Waals surface area contributed by atoms with Crippen LogP contribution in [0, 0.1) is 0 Å². The summed E-state index contributed by atoms with van der Waals surface area (Å²) in [5.41, 5.74) is -0.0935. The third kappa shape index (κ3) is 6.54. The smallest absolute Gasteiger partial charge is 0.376 e. The second-order valence-corrected chi connectivity index (χ2v) is 5.14. The number of aliphatic imine (C=N–C) groups is 1. The van der Waals surface area contributed by atoms with Crippen molar-refractivity contribution in [1.82, 2.24) is 10.6 Å². The fourth-order valence-electron chi connectivity index (χ4n) is 2.28. The molecule has 2 rings (SSSR count). The van der Waals surface area contributed by atoms with E-state index in [4.69, 9.17) is 4.74 Å². The van der Waals surface area contributed by atoms with Crippen molar-refractivity contribution < 1.29 is 17.9 Å². The lowest BCUT2D eigenvalue weighted by Gasteiger charge is -2.15. The van der Waals surface area contributed by atoms with E-state index < -0.39 is 11.7 Å². The third-order valence-corrected chi connectivity index (χ3v) is 3.46. The summed E-state index contributed by atoms with van der Waals surface area (Å²) in [7, 11) is 1.62. The second-order valence-electron chi connectivity index (χ2n) is 5.14. The van der Waals surface area contributed by atoms with Crippen molar-refractivity contribution in [3.63, 3.8) is 0 Å². The topological polar surface area (TPSA) is 45.7 Å². The number of hydrogen-bond acceptors (Lipinski definition) is 2. The van der Waals surface area contributed by atoms with E-state index >= 15 is 0 Å². The molecular weight excluding hydrogens is 422 g/mol. The van der Waals surface area contributed by atoms with Crippen LogP contribution in [0.25, 0.3) is 0 Å². The Labute approximate surface area is 150 Å². The molecule has 1 unspecified atom stereocenters. The standard InChI is InChI=1S/C15H20F3N3O.HI/c1-19-14(21-10-13-6-3-7-22-13)20-9-11-4-2-5-12(8-11)15(16,17)18;/h2,4-5,8,13H,3,6-7,9-10H2,1H3,(H2,19,20,21);1H. The molecule has 0 saturated carbocycles. The molecule has 1 atom stereocenters. The number of ether oxygens (including phenoxy) is 1. The zero-order valence-electron chi connectivity index (χ0n) is 12.8. The van der Waals surface area contributed by atoms with Gasteiger partial charge < -0.3 is 15.4 Å². The van der Waals surface area contributed by atoms with Crippen LogP contribution in [0.2, 0.25) is 0 Å². The van der Waals surface area contributed by atoms with Crippen LogP contribution < -0.4 is 10.6 Å². The SMILES string of the molecule is CN=C(NCc1cccc(C(F)(F)F)c1)NCC1CCCO1.I. The van der Waals surface area contributed by atoms with Gasteiger partial charge in [-0.05, 0) is 30.5 Å². The summed E-state index contributed by atoms with van der Waals surface area (Å²) in [5, 5.41) is 6.12. The van der Waals surface area contributed by atoms with Crippen molar-refractivity contribution in [2.75, 3.05) is 20.2 Å². The largest absolute Gasteiger partial charge is 0.416 e. The van der Waals surface area contributed by atoms with Gasteiger partial charge in [-0.1, -0.05) is 12.1 Å². The monoisotopic (exact) mass is 443 g/mol. The maximum atomic E-state index is 12.7. The van der Waals surface area contributed by atoms with Gasteiger partial charge in [0.15, 0.2) is 5.96 Å². The highest BCUT2D eigenvalue weighted by Gasteiger charge is 2.30. The van der Waals surface area contributed by atoms with Crippen molar-refractivity contribution in [1.29, 1.82) is 0 Å². The highest BCUT2D eigenvalue weighted by Crippen LogP contribution is 2.29. The van der Waals surface area contributed by atoms with Gasteiger partial charge in [0.2, 0.25) is 0 Å². The fourth-order valence-corrected chi connectivity index (χ4v) is 2.28. The van der Waals surface area contributed by atoms with E-state index in [0.29, 0.717) is 18.1 Å². The minimum Gasteiger partial charge on any atom is -0.376 e. The van der Waals surface area contributed by atoms with Crippen LogP contribution in [0.1, 0.15) is 24.0 Å². The van der Waals surface area contributed by atoms with E-state index in [2.05, 4.69) is 15.6 Å². The predicted molar refractivity (Wildman–Crippen MR) is 94.0 cm³/mol. The number of nitrogens with zero attached hydrogens (tertiary/aromatic N) is 1. The molecule has 1 heterocycles. The van der Waals surface area contributed by atoms with Gasteiger partial charge in [0.05, 0.1) is 11.7 Å². The first-order valence-electron chi connectivity index (χ1n) is 7.21. The summed E-state index contributed by atoms with van der Waals surface area (Å²) in [6, 6.07) is 5.26. The Kier molecular flexibility index (Phi) is 8.10. The first-order chi connectivity index (χ1) is 10.5. The highest BCUT2D eigenvalue weighted by molar-refractivity contribution is 14.0. The molecule has 0 spiro atoms. The molecule has 0 aliphatic carbocycles. The fraction of sp³-hybridized carbons (Fsp3) is 0.533. The Hall–Kier alpha value is -1.03. The second kappa shape index (κ2) is 9.31. The molecule has 23 heavy (non-hydrogen) atoms. The van der Waals surface area contributed by atoms with Crippen molar-refractivity contribution in [3.05, 3.63) is 35.4 Å². The molecule has 1 fully saturated rings. The van der Waals surface area contributed by atoms with Crippen LogP contribution in [-0.4, -0.2) is 32.3 Å². The molecule has 8 heteroatoms. The lowest BCUT2D eigenvalue weighted by molar-refractivity contribution is -0.137. The molecule has 1 aliphatic rings. The summed E-state index contributed by atoms with van der Waals surface area (Å²) < 4.78 is 43.5. The molecule has 1 aromatic rings. The first-order valence-corrected chi connectivity index (χ1v) is 7.21. The molecule has 0 amide bonds. The lowest BCUT2D eigenvalue weighted by atomic mass is 10.1. The Morgan fingerprint density at radius 2 is 2.13 bits per heavy atom. The molecule has 1 saturated heterocycles. The van der Waals surface area contributed by atoms with E-state index in [1.165, 1.54) is 6.07 Å². The van der Waals surface area contributed by atoms with Crippen molar-refractivity contribution >= 4 is 29.9 Å². The van der Waals surface area contributed by atoms with Crippen molar-refractivity contribution in [3.8, 4) is 0 Å². The highest BCUT2D eigenvalue weighted by atomic mass is 127. The molecular formula is C15H21F3IN3O. The van der Waals surface area contributed by atoms with Gasteiger partial charge in [0.1, 0.15) is 0 Å². The van der Waals surface area contributed by atoms with E-state index in [-0.39, 0.29) is 36.6 Å². The summed E-state index contributed by atoms with van der Waals surface area (Å²) in [6.07, 6.45) is -2.08. The van der Waals surface area contributed by atoms with Crippen LogP contribution >= 0.6 is 24.0 Å². The normalized spacial score (nSPS) is 18.4. The van der Waals surface area contributed by atoms with Gasteiger partial charge in [-0.3, -0.25) is 4.99 Å². The number of rotatable bonds is 4. The summed E-state index contributed by atoms with van der Waals surface area (Å²) >= 11 is 0. The number of halogens is 4. The summed E-state index contributed by atoms with van der Waals surface area (Å²) in [5.74, 6) is 0.549. The van der Waals surface area contributed by atoms with Gasteiger partial charge in [-0.2, -0.15) is 13.2 Å². The number of benzene rings is 1. The van der Waals surface area contributed by atoms with Crippen LogP contribution in [-0.2, 0) is 17.5 Å². The van der Waals surface area contributed by atoms with Gasteiger partial charge in [0, 0.05) is 26.7 Å². The minimum atomic E-state index is -4.32. The minimum absolute atomic E-state index is 0. The predicted octanol–water partition coefficient (Wildman–Crippen LogP) is 3.17. The number of hydrogen-bond donors (Lipinski definition) is 2. The maximum absolute atomic E-state index is 12.7. The quantitative estimate of drug-likeness (QED) is 0.427. The zero-order valence-corrected chi connectivity index (χ0v) is 15.2. The molecule has 0 bridgehead atoms. The molecule has 0 radical (unpaired) electrons. The number of guanidine groups is 1. The average molecular weight is 443 g/mol. The molecule has 130 valence electrons. The number of nitrogens with one attached hydrogen (secondary N) is 2.